The zero-order valence-corrected chi connectivity index (χ0v) is 9.98. The van der Waals surface area contributed by atoms with Gasteiger partial charge in [0.1, 0.15) is 11.5 Å². The first-order chi connectivity index (χ1) is 8.70. The van der Waals surface area contributed by atoms with Crippen LogP contribution in [0.3, 0.4) is 0 Å². The van der Waals surface area contributed by atoms with Crippen LogP contribution in [0.15, 0.2) is 36.5 Å². The van der Waals surface area contributed by atoms with Gasteiger partial charge in [0.25, 0.3) is 0 Å². The van der Waals surface area contributed by atoms with Crippen LogP contribution in [0.2, 0.25) is 5.02 Å². The number of nitrogens with two attached hydrogens (primary N) is 1. The molecular weight excluding hydrogens is 252 g/mol. The molecule has 5 nitrogen and oxygen atoms in total. The molecule has 0 aliphatic carbocycles. The van der Waals surface area contributed by atoms with E-state index in [9.17, 15) is 0 Å². The van der Waals surface area contributed by atoms with Crippen molar-refractivity contribution in [3.05, 3.63) is 41.6 Å². The third kappa shape index (κ3) is 2.08. The van der Waals surface area contributed by atoms with Crippen molar-refractivity contribution in [1.29, 1.82) is 0 Å². The molecule has 0 amide bonds. The SMILES string of the molecule is Nc1nc2ncc(Oc3cccc(Cl)c3)cc2[nH]1. The largest absolute Gasteiger partial charge is 0.456 e. The molecule has 6 heteroatoms. The molecule has 0 bridgehead atoms. The number of rotatable bonds is 2. The van der Waals surface area contributed by atoms with E-state index < -0.39 is 0 Å². The molecule has 0 spiro atoms. The summed E-state index contributed by atoms with van der Waals surface area (Å²) in [6.07, 6.45) is 1.59. The lowest BCUT2D eigenvalue weighted by Crippen LogP contribution is -1.86. The average Bonchev–Trinajstić information content (AvgIpc) is 2.68. The van der Waals surface area contributed by atoms with Crippen LogP contribution in [0.1, 0.15) is 0 Å². The van der Waals surface area contributed by atoms with Crippen molar-refractivity contribution in [2.75, 3.05) is 5.73 Å². The van der Waals surface area contributed by atoms with Gasteiger partial charge in [0.2, 0.25) is 0 Å². The first-order valence-corrected chi connectivity index (χ1v) is 5.63. The molecule has 1 aromatic carbocycles. The van der Waals surface area contributed by atoms with Crippen LogP contribution in [0, 0.1) is 0 Å². The summed E-state index contributed by atoms with van der Waals surface area (Å²) < 4.78 is 5.64. The number of benzene rings is 1. The number of anilines is 1. The van der Waals surface area contributed by atoms with Crippen LogP contribution in [-0.2, 0) is 0 Å². The third-order valence-corrected chi connectivity index (χ3v) is 2.60. The van der Waals surface area contributed by atoms with Crippen LogP contribution in [0.4, 0.5) is 5.95 Å². The van der Waals surface area contributed by atoms with Crippen molar-refractivity contribution in [3.63, 3.8) is 0 Å². The summed E-state index contributed by atoms with van der Waals surface area (Å²) in [7, 11) is 0. The standard InChI is InChI=1S/C12H9ClN4O/c13-7-2-1-3-8(4-7)18-9-5-10-11(15-6-9)17-12(14)16-10/h1-6H,(H3,14,15,16,17). The van der Waals surface area contributed by atoms with Gasteiger partial charge in [-0.1, -0.05) is 17.7 Å². The molecule has 0 atom stereocenters. The predicted molar refractivity (Wildman–Crippen MR) is 69.8 cm³/mol. The number of ether oxygens (including phenoxy) is 1. The van der Waals surface area contributed by atoms with Crippen molar-refractivity contribution < 1.29 is 4.74 Å². The van der Waals surface area contributed by atoms with E-state index >= 15 is 0 Å². The fourth-order valence-electron chi connectivity index (χ4n) is 1.62. The zero-order valence-electron chi connectivity index (χ0n) is 9.22. The van der Waals surface area contributed by atoms with Gasteiger partial charge >= 0.3 is 0 Å². The van der Waals surface area contributed by atoms with E-state index in [-0.39, 0.29) is 0 Å². The molecule has 0 aliphatic heterocycles. The monoisotopic (exact) mass is 260 g/mol. The van der Waals surface area contributed by atoms with E-state index in [2.05, 4.69) is 15.0 Å². The van der Waals surface area contributed by atoms with E-state index in [0.29, 0.717) is 28.1 Å². The van der Waals surface area contributed by atoms with Crippen molar-refractivity contribution in [3.8, 4) is 11.5 Å². The zero-order chi connectivity index (χ0) is 12.5. The highest BCUT2D eigenvalue weighted by molar-refractivity contribution is 6.30. The molecule has 0 aliphatic rings. The lowest BCUT2D eigenvalue weighted by molar-refractivity contribution is 0.481. The second kappa shape index (κ2) is 4.19. The smallest absolute Gasteiger partial charge is 0.200 e. The fraction of sp³-hybridized carbons (Fsp3) is 0. The maximum atomic E-state index is 5.88. The number of nitrogen functional groups attached to an aromatic ring is 1. The molecule has 90 valence electrons. The summed E-state index contributed by atoms with van der Waals surface area (Å²) in [6, 6.07) is 8.93. The summed E-state index contributed by atoms with van der Waals surface area (Å²) in [6.45, 7) is 0. The van der Waals surface area contributed by atoms with E-state index in [4.69, 9.17) is 22.1 Å². The molecule has 18 heavy (non-hydrogen) atoms. The van der Waals surface area contributed by atoms with Gasteiger partial charge in [-0.15, -0.1) is 0 Å². The third-order valence-electron chi connectivity index (χ3n) is 2.36. The number of nitrogens with one attached hydrogen (secondary N) is 1. The summed E-state index contributed by atoms with van der Waals surface area (Å²) in [5.41, 5.74) is 6.84. The number of H-pyrrole nitrogens is 1. The molecule has 3 aromatic rings. The Morgan fingerprint density at radius 2 is 2.11 bits per heavy atom. The first kappa shape index (κ1) is 10.9. The summed E-state index contributed by atoms with van der Waals surface area (Å²) in [5, 5.41) is 0.618. The Morgan fingerprint density at radius 3 is 2.94 bits per heavy atom. The molecule has 0 saturated heterocycles. The molecule has 0 unspecified atom stereocenters. The predicted octanol–water partition coefficient (Wildman–Crippen LogP) is 2.99. The number of fused-ring (bicyclic) bond motifs is 1. The Bertz CT molecular complexity index is 710. The van der Waals surface area contributed by atoms with E-state index in [1.165, 1.54) is 0 Å². The summed E-state index contributed by atoms with van der Waals surface area (Å²) in [4.78, 5) is 11.0. The molecule has 3 N–H and O–H groups in total. The maximum absolute atomic E-state index is 5.88. The van der Waals surface area contributed by atoms with Gasteiger partial charge in [-0.25, -0.2) is 4.98 Å². The Hall–Kier alpha value is -2.27. The van der Waals surface area contributed by atoms with E-state index in [1.54, 1.807) is 24.4 Å². The van der Waals surface area contributed by atoms with Crippen LogP contribution in [0.25, 0.3) is 11.2 Å². The minimum atomic E-state index is 0.331. The fourth-order valence-corrected chi connectivity index (χ4v) is 1.80. The van der Waals surface area contributed by atoms with Crippen molar-refractivity contribution >= 4 is 28.7 Å². The van der Waals surface area contributed by atoms with Gasteiger partial charge in [0.15, 0.2) is 11.6 Å². The highest BCUT2D eigenvalue weighted by atomic mass is 35.5. The summed E-state index contributed by atoms with van der Waals surface area (Å²) in [5.74, 6) is 1.57. The van der Waals surface area contributed by atoms with Crippen molar-refractivity contribution in [1.82, 2.24) is 15.0 Å². The van der Waals surface area contributed by atoms with Crippen LogP contribution in [-0.4, -0.2) is 15.0 Å². The lowest BCUT2D eigenvalue weighted by atomic mass is 10.3. The Balaban J connectivity index is 1.94. The Kier molecular flexibility index (Phi) is 2.53. The van der Waals surface area contributed by atoms with E-state index in [0.717, 1.165) is 5.52 Å². The van der Waals surface area contributed by atoms with Gasteiger partial charge in [0.05, 0.1) is 11.7 Å². The number of hydrogen-bond donors (Lipinski definition) is 2. The maximum Gasteiger partial charge on any atom is 0.200 e. The number of hydrogen-bond acceptors (Lipinski definition) is 4. The highest BCUT2D eigenvalue weighted by Crippen LogP contribution is 2.25. The van der Waals surface area contributed by atoms with Gasteiger partial charge in [-0.3, -0.25) is 0 Å². The van der Waals surface area contributed by atoms with Crippen LogP contribution >= 0.6 is 11.6 Å². The van der Waals surface area contributed by atoms with Crippen LogP contribution in [0.5, 0.6) is 11.5 Å². The molecular formula is C12H9ClN4O. The minimum absolute atomic E-state index is 0.331. The molecule has 0 fully saturated rings. The molecule has 0 saturated carbocycles. The second-order valence-corrected chi connectivity index (χ2v) is 4.16. The topological polar surface area (TPSA) is 76.8 Å². The highest BCUT2D eigenvalue weighted by Gasteiger charge is 2.04. The van der Waals surface area contributed by atoms with Crippen molar-refractivity contribution in [2.24, 2.45) is 0 Å². The number of nitrogens with zero attached hydrogens (tertiary/aromatic N) is 2. The molecule has 0 radical (unpaired) electrons. The molecule has 2 heterocycles. The molecule has 3 rings (SSSR count). The van der Waals surface area contributed by atoms with Gasteiger partial charge in [0, 0.05) is 11.1 Å². The van der Waals surface area contributed by atoms with Gasteiger partial charge < -0.3 is 15.5 Å². The average molecular weight is 261 g/mol. The number of aromatic nitrogens is 3. The Morgan fingerprint density at radius 1 is 1.22 bits per heavy atom. The van der Waals surface area contributed by atoms with Gasteiger partial charge in [-0.2, -0.15) is 4.98 Å². The molecule has 2 aromatic heterocycles. The minimum Gasteiger partial charge on any atom is -0.456 e. The second-order valence-electron chi connectivity index (χ2n) is 3.72. The number of aromatic amines is 1. The van der Waals surface area contributed by atoms with Crippen LogP contribution < -0.4 is 10.5 Å². The normalized spacial score (nSPS) is 10.7. The first-order valence-electron chi connectivity index (χ1n) is 5.25. The lowest BCUT2D eigenvalue weighted by Gasteiger charge is -2.04. The summed E-state index contributed by atoms with van der Waals surface area (Å²) >= 11 is 5.88. The number of halogens is 1. The van der Waals surface area contributed by atoms with E-state index in [1.807, 2.05) is 12.1 Å². The Labute approximate surface area is 108 Å². The number of imidazole rings is 1. The van der Waals surface area contributed by atoms with Crippen molar-refractivity contribution in [2.45, 2.75) is 0 Å². The number of pyridine rings is 1. The van der Waals surface area contributed by atoms with Gasteiger partial charge in [-0.05, 0) is 18.2 Å². The quantitative estimate of drug-likeness (QED) is 0.743.